The maximum atomic E-state index is 10.3. The molecule has 0 bridgehead atoms. The van der Waals surface area contributed by atoms with Gasteiger partial charge in [-0.05, 0) is 42.9 Å². The summed E-state index contributed by atoms with van der Waals surface area (Å²) in [5.41, 5.74) is 3.26. The van der Waals surface area contributed by atoms with Crippen LogP contribution in [-0.2, 0) is 17.6 Å². The van der Waals surface area contributed by atoms with Gasteiger partial charge in [-0.25, -0.2) is 0 Å². The summed E-state index contributed by atoms with van der Waals surface area (Å²) in [5, 5.41) is 14.1. The van der Waals surface area contributed by atoms with Crippen molar-refractivity contribution in [1.29, 1.82) is 0 Å². The molecule has 0 amide bonds. The molecule has 1 aliphatic carbocycles. The highest BCUT2D eigenvalue weighted by Crippen LogP contribution is 2.40. The van der Waals surface area contributed by atoms with E-state index in [9.17, 15) is 5.11 Å². The van der Waals surface area contributed by atoms with Crippen molar-refractivity contribution < 1.29 is 9.84 Å². The van der Waals surface area contributed by atoms with E-state index in [1.165, 1.54) is 12.0 Å². The van der Waals surface area contributed by atoms with Crippen LogP contribution in [0, 0.1) is 0 Å². The zero-order valence-corrected chi connectivity index (χ0v) is 11.1. The molecule has 3 rings (SSSR count). The van der Waals surface area contributed by atoms with Crippen LogP contribution in [0.25, 0.3) is 0 Å². The monoisotopic (exact) mass is 267 g/mol. The third-order valence-corrected chi connectivity index (χ3v) is 4.27. The molecule has 1 fully saturated rings. The van der Waals surface area contributed by atoms with Crippen molar-refractivity contribution in [2.75, 3.05) is 19.7 Å². The zero-order valence-electron chi connectivity index (χ0n) is 10.3. The Kier molecular flexibility index (Phi) is 3.46. The molecule has 0 saturated carbocycles. The van der Waals surface area contributed by atoms with Gasteiger partial charge in [-0.3, -0.25) is 0 Å². The summed E-state index contributed by atoms with van der Waals surface area (Å²) in [6.45, 7) is 2.29. The van der Waals surface area contributed by atoms with Crippen LogP contribution in [-0.4, -0.2) is 24.8 Å². The molecule has 1 aromatic rings. The number of aromatic hydroxyl groups is 1. The molecule has 1 aliphatic heterocycles. The van der Waals surface area contributed by atoms with Crippen LogP contribution in [0.3, 0.4) is 0 Å². The highest BCUT2D eigenvalue weighted by Gasteiger charge is 2.25. The predicted molar refractivity (Wildman–Crippen MR) is 71.3 cm³/mol. The van der Waals surface area contributed by atoms with Gasteiger partial charge in [-0.2, -0.15) is 0 Å². The van der Waals surface area contributed by atoms with Crippen molar-refractivity contribution in [3.05, 3.63) is 27.8 Å². The van der Waals surface area contributed by atoms with Crippen LogP contribution < -0.4 is 5.32 Å². The summed E-state index contributed by atoms with van der Waals surface area (Å²) in [7, 11) is 0. The maximum Gasteiger partial charge on any atom is 0.140 e. The molecule has 0 aromatic heterocycles. The van der Waals surface area contributed by atoms with Crippen LogP contribution >= 0.6 is 11.6 Å². The number of phenolic OH excluding ortho intramolecular Hbond substituents is 1. The molecule has 98 valence electrons. The van der Waals surface area contributed by atoms with E-state index >= 15 is 0 Å². The number of hydrogen-bond donors (Lipinski definition) is 2. The van der Waals surface area contributed by atoms with Crippen molar-refractivity contribution in [1.82, 2.24) is 5.32 Å². The number of halogens is 1. The Balaban J connectivity index is 2.01. The Morgan fingerprint density at radius 1 is 1.33 bits per heavy atom. The Morgan fingerprint density at radius 3 is 2.94 bits per heavy atom. The van der Waals surface area contributed by atoms with Crippen molar-refractivity contribution in [2.45, 2.75) is 31.8 Å². The smallest absolute Gasteiger partial charge is 0.140 e. The highest BCUT2D eigenvalue weighted by atomic mass is 35.5. The summed E-state index contributed by atoms with van der Waals surface area (Å²) in [4.78, 5) is 0. The number of benzene rings is 1. The van der Waals surface area contributed by atoms with Crippen LogP contribution in [0.1, 0.15) is 35.6 Å². The molecule has 2 N–H and O–H groups in total. The number of nitrogens with one attached hydrogen (secondary N) is 1. The van der Waals surface area contributed by atoms with Crippen LogP contribution in [0.2, 0.25) is 5.02 Å². The fourth-order valence-electron chi connectivity index (χ4n) is 2.87. The molecule has 0 radical (unpaired) electrons. The van der Waals surface area contributed by atoms with Gasteiger partial charge >= 0.3 is 0 Å². The Morgan fingerprint density at radius 2 is 2.17 bits per heavy atom. The lowest BCUT2D eigenvalue weighted by atomic mass is 9.88. The second-order valence-electron chi connectivity index (χ2n) is 5.04. The quantitative estimate of drug-likeness (QED) is 0.822. The third-order valence-electron chi connectivity index (χ3n) is 3.86. The van der Waals surface area contributed by atoms with Gasteiger partial charge in [-0.1, -0.05) is 11.6 Å². The van der Waals surface area contributed by atoms with E-state index in [1.54, 1.807) is 0 Å². The lowest BCUT2D eigenvalue weighted by Gasteiger charge is -2.27. The van der Waals surface area contributed by atoms with E-state index in [4.69, 9.17) is 16.3 Å². The summed E-state index contributed by atoms with van der Waals surface area (Å²) in [6, 6.07) is 2.09. The average molecular weight is 268 g/mol. The average Bonchev–Trinajstić information content (AvgIpc) is 2.44. The van der Waals surface area contributed by atoms with Crippen molar-refractivity contribution in [3.8, 4) is 5.75 Å². The fraction of sp³-hybridized carbons (Fsp3) is 0.571. The summed E-state index contributed by atoms with van der Waals surface area (Å²) >= 11 is 6.31. The standard InChI is InChI=1S/C14H18ClNO2/c15-13-10-4-2-1-3-9(10)7-11(14(13)17)12-8-16-5-6-18-12/h7,12,16-17H,1-6,8H2. The summed E-state index contributed by atoms with van der Waals surface area (Å²) < 4.78 is 5.71. The van der Waals surface area contributed by atoms with Gasteiger partial charge in [0.25, 0.3) is 0 Å². The number of ether oxygens (including phenoxy) is 1. The largest absolute Gasteiger partial charge is 0.506 e. The maximum absolute atomic E-state index is 10.3. The van der Waals surface area contributed by atoms with E-state index < -0.39 is 0 Å². The van der Waals surface area contributed by atoms with Crippen molar-refractivity contribution in [2.24, 2.45) is 0 Å². The van der Waals surface area contributed by atoms with E-state index in [0.717, 1.165) is 43.5 Å². The molecular weight excluding hydrogens is 250 g/mol. The van der Waals surface area contributed by atoms with Crippen molar-refractivity contribution >= 4 is 11.6 Å². The van der Waals surface area contributed by atoms with Crippen LogP contribution in [0.15, 0.2) is 6.07 Å². The molecule has 1 unspecified atom stereocenters. The van der Waals surface area contributed by atoms with E-state index in [0.29, 0.717) is 11.6 Å². The number of morpholine rings is 1. The number of aryl methyl sites for hydroxylation is 1. The fourth-order valence-corrected chi connectivity index (χ4v) is 3.20. The summed E-state index contributed by atoms with van der Waals surface area (Å²) in [6.07, 6.45) is 4.32. The van der Waals surface area contributed by atoms with Gasteiger partial charge in [0.15, 0.2) is 0 Å². The van der Waals surface area contributed by atoms with E-state index in [1.807, 2.05) is 0 Å². The molecule has 2 aliphatic rings. The number of fused-ring (bicyclic) bond motifs is 1. The normalized spacial score (nSPS) is 23.7. The minimum absolute atomic E-state index is 0.0801. The molecule has 3 nitrogen and oxygen atoms in total. The molecule has 4 heteroatoms. The minimum atomic E-state index is -0.0801. The molecular formula is C14H18ClNO2. The van der Waals surface area contributed by atoms with Gasteiger partial charge in [0.2, 0.25) is 0 Å². The van der Waals surface area contributed by atoms with E-state index in [2.05, 4.69) is 11.4 Å². The zero-order chi connectivity index (χ0) is 12.5. The first-order chi connectivity index (χ1) is 8.77. The highest BCUT2D eigenvalue weighted by molar-refractivity contribution is 6.33. The molecule has 1 saturated heterocycles. The SMILES string of the molecule is Oc1c(C2CNCCO2)cc2c(c1Cl)CCCC2. The van der Waals surface area contributed by atoms with Crippen molar-refractivity contribution in [3.63, 3.8) is 0 Å². The van der Waals surface area contributed by atoms with Gasteiger partial charge in [0.1, 0.15) is 5.75 Å². The molecule has 1 atom stereocenters. The Labute approximate surface area is 112 Å². The minimum Gasteiger partial charge on any atom is -0.506 e. The van der Waals surface area contributed by atoms with Gasteiger partial charge in [-0.15, -0.1) is 0 Å². The Bertz CT molecular complexity index is 456. The van der Waals surface area contributed by atoms with Gasteiger partial charge in [0, 0.05) is 18.7 Å². The first kappa shape index (κ1) is 12.3. The summed E-state index contributed by atoms with van der Waals surface area (Å²) in [5.74, 6) is 0.214. The van der Waals surface area contributed by atoms with E-state index in [-0.39, 0.29) is 11.9 Å². The molecule has 1 heterocycles. The first-order valence-electron chi connectivity index (χ1n) is 6.63. The topological polar surface area (TPSA) is 41.5 Å². The van der Waals surface area contributed by atoms with Crippen LogP contribution in [0.4, 0.5) is 0 Å². The van der Waals surface area contributed by atoms with Gasteiger partial charge < -0.3 is 15.2 Å². The first-order valence-corrected chi connectivity index (χ1v) is 7.00. The number of phenols is 1. The second-order valence-corrected chi connectivity index (χ2v) is 5.41. The lowest BCUT2D eigenvalue weighted by Crippen LogP contribution is -2.33. The molecule has 18 heavy (non-hydrogen) atoms. The molecule has 0 spiro atoms. The lowest BCUT2D eigenvalue weighted by molar-refractivity contribution is 0.0262. The van der Waals surface area contributed by atoms with Crippen LogP contribution in [0.5, 0.6) is 5.75 Å². The molecule has 1 aromatic carbocycles. The predicted octanol–water partition coefficient (Wildman–Crippen LogP) is 2.59. The van der Waals surface area contributed by atoms with Gasteiger partial charge in [0.05, 0.1) is 17.7 Å². The number of rotatable bonds is 1. The third kappa shape index (κ3) is 2.11. The number of hydrogen-bond acceptors (Lipinski definition) is 3. The second kappa shape index (κ2) is 5.08. The Hall–Kier alpha value is -0.770.